The molecule has 3 rings (SSSR count). The van der Waals surface area contributed by atoms with Crippen molar-refractivity contribution in [1.82, 2.24) is 10.1 Å². The van der Waals surface area contributed by atoms with Crippen LogP contribution in [0.1, 0.15) is 37.5 Å². The van der Waals surface area contributed by atoms with E-state index in [1.165, 1.54) is 0 Å². The van der Waals surface area contributed by atoms with Gasteiger partial charge in [-0.25, -0.2) is 0 Å². The van der Waals surface area contributed by atoms with Crippen LogP contribution in [0, 0.1) is 0 Å². The van der Waals surface area contributed by atoms with E-state index in [2.05, 4.69) is 10.1 Å². The largest absolute Gasteiger partial charge is 0.338 e. The maximum absolute atomic E-state index is 11.8. The number of rotatable bonds is 2. The number of nitrogens with zero attached hydrogens (tertiary/aromatic N) is 2. The van der Waals surface area contributed by atoms with E-state index in [0.29, 0.717) is 23.2 Å². The van der Waals surface area contributed by atoms with Gasteiger partial charge in [0, 0.05) is 17.0 Å². The fraction of sp³-hybridized carbons (Fsp3) is 0.357. The molecule has 1 fully saturated rings. The molecule has 0 radical (unpaired) electrons. The molecule has 5 heteroatoms. The van der Waals surface area contributed by atoms with Gasteiger partial charge in [-0.2, -0.15) is 4.98 Å². The van der Waals surface area contributed by atoms with Gasteiger partial charge in [0.25, 0.3) is 0 Å². The molecule has 1 aliphatic carbocycles. The number of Topliss-reactive ketones (excluding diaryl/α,β-unsaturated/α-hetero) is 1. The lowest BCUT2D eigenvalue weighted by atomic mass is 9.88. The average molecular weight is 277 g/mol. The monoisotopic (exact) mass is 276 g/mol. The lowest BCUT2D eigenvalue weighted by Gasteiger charge is -2.16. The van der Waals surface area contributed by atoms with Gasteiger partial charge in [0.2, 0.25) is 11.7 Å². The summed E-state index contributed by atoms with van der Waals surface area (Å²) in [6.45, 7) is 0. The summed E-state index contributed by atoms with van der Waals surface area (Å²) < 4.78 is 5.24. The molecule has 1 aromatic carbocycles. The summed E-state index contributed by atoms with van der Waals surface area (Å²) >= 11 is 5.84. The third-order valence-corrected chi connectivity index (χ3v) is 3.65. The Morgan fingerprint density at radius 1 is 1.21 bits per heavy atom. The number of halogens is 1. The second-order valence-corrected chi connectivity index (χ2v) is 5.16. The van der Waals surface area contributed by atoms with Crippen LogP contribution in [0.4, 0.5) is 0 Å². The van der Waals surface area contributed by atoms with E-state index in [9.17, 15) is 4.79 Å². The fourth-order valence-electron chi connectivity index (χ4n) is 2.34. The summed E-state index contributed by atoms with van der Waals surface area (Å²) in [4.78, 5) is 16.2. The van der Waals surface area contributed by atoms with Crippen molar-refractivity contribution in [3.8, 4) is 11.4 Å². The summed E-state index contributed by atoms with van der Waals surface area (Å²) in [5.41, 5.74) is 0.836. The second kappa shape index (κ2) is 5.13. The Bertz CT molecular complexity index is 592. The molecule has 0 N–H and O–H groups in total. The number of carbonyl (C=O) groups is 1. The molecule has 1 aromatic heterocycles. The Morgan fingerprint density at radius 2 is 2.00 bits per heavy atom. The van der Waals surface area contributed by atoms with Crippen molar-refractivity contribution in [3.63, 3.8) is 0 Å². The topological polar surface area (TPSA) is 56.0 Å². The van der Waals surface area contributed by atoms with Crippen LogP contribution in [0.3, 0.4) is 0 Å². The smallest absolute Gasteiger partial charge is 0.237 e. The zero-order chi connectivity index (χ0) is 13.2. The molecule has 1 heterocycles. The summed E-state index contributed by atoms with van der Waals surface area (Å²) in [5, 5.41) is 4.61. The van der Waals surface area contributed by atoms with Crippen molar-refractivity contribution in [2.24, 2.45) is 0 Å². The summed E-state index contributed by atoms with van der Waals surface area (Å²) in [7, 11) is 0. The van der Waals surface area contributed by atoms with Crippen LogP contribution in [-0.2, 0) is 4.79 Å². The van der Waals surface area contributed by atoms with Crippen LogP contribution in [0.15, 0.2) is 28.8 Å². The van der Waals surface area contributed by atoms with Crippen LogP contribution in [0.25, 0.3) is 11.4 Å². The van der Waals surface area contributed by atoms with Crippen LogP contribution in [0.5, 0.6) is 0 Å². The number of aromatic nitrogens is 2. The Balaban J connectivity index is 1.86. The van der Waals surface area contributed by atoms with E-state index in [1.54, 1.807) is 12.1 Å². The van der Waals surface area contributed by atoms with Crippen LogP contribution in [0.2, 0.25) is 5.02 Å². The maximum atomic E-state index is 11.8. The van der Waals surface area contributed by atoms with Gasteiger partial charge in [0.1, 0.15) is 5.78 Å². The van der Waals surface area contributed by atoms with Gasteiger partial charge >= 0.3 is 0 Å². The third-order valence-electron chi connectivity index (χ3n) is 3.40. The van der Waals surface area contributed by atoms with E-state index in [0.717, 1.165) is 24.8 Å². The number of hydrogen-bond acceptors (Lipinski definition) is 4. The van der Waals surface area contributed by atoms with E-state index in [1.807, 2.05) is 12.1 Å². The first-order chi connectivity index (χ1) is 9.24. The van der Waals surface area contributed by atoms with Gasteiger partial charge in [0.15, 0.2) is 0 Å². The summed E-state index contributed by atoms with van der Waals surface area (Å²) in [6.07, 6.45) is 3.42. The van der Waals surface area contributed by atoms with Crippen molar-refractivity contribution in [1.29, 1.82) is 0 Å². The lowest BCUT2D eigenvalue weighted by Crippen LogP contribution is -2.17. The minimum atomic E-state index is -0.220. The Morgan fingerprint density at radius 3 is 2.74 bits per heavy atom. The van der Waals surface area contributed by atoms with Crippen LogP contribution in [-0.4, -0.2) is 15.9 Å². The average Bonchev–Trinajstić information content (AvgIpc) is 2.89. The first-order valence-corrected chi connectivity index (χ1v) is 6.74. The molecule has 1 atom stereocenters. The van der Waals surface area contributed by atoms with Crippen LogP contribution < -0.4 is 0 Å². The minimum Gasteiger partial charge on any atom is -0.338 e. The van der Waals surface area contributed by atoms with Crippen molar-refractivity contribution in [3.05, 3.63) is 35.2 Å². The van der Waals surface area contributed by atoms with E-state index < -0.39 is 0 Å². The van der Waals surface area contributed by atoms with Gasteiger partial charge in [0.05, 0.1) is 5.92 Å². The Hall–Kier alpha value is -1.68. The summed E-state index contributed by atoms with van der Waals surface area (Å²) in [6, 6.07) is 7.22. The molecule has 19 heavy (non-hydrogen) atoms. The zero-order valence-corrected chi connectivity index (χ0v) is 11.1. The second-order valence-electron chi connectivity index (χ2n) is 4.73. The number of hydrogen-bond donors (Lipinski definition) is 0. The first-order valence-electron chi connectivity index (χ1n) is 6.36. The highest BCUT2D eigenvalue weighted by molar-refractivity contribution is 6.30. The van der Waals surface area contributed by atoms with Gasteiger partial charge in [-0.1, -0.05) is 23.2 Å². The first kappa shape index (κ1) is 12.4. The quantitative estimate of drug-likeness (QED) is 0.841. The predicted molar refractivity (Wildman–Crippen MR) is 71.0 cm³/mol. The van der Waals surface area contributed by atoms with Crippen molar-refractivity contribution < 1.29 is 9.32 Å². The molecule has 1 aliphatic rings. The fourth-order valence-corrected chi connectivity index (χ4v) is 2.46. The van der Waals surface area contributed by atoms with Gasteiger partial charge in [-0.15, -0.1) is 0 Å². The molecule has 0 amide bonds. The predicted octanol–water partition coefficient (Wildman–Crippen LogP) is 3.62. The van der Waals surface area contributed by atoms with E-state index >= 15 is 0 Å². The maximum Gasteiger partial charge on any atom is 0.237 e. The normalized spacial score (nSPS) is 19.6. The SMILES string of the molecule is O=C1CCCCC1c1nc(-c2ccc(Cl)cc2)no1. The number of ketones is 1. The van der Waals surface area contributed by atoms with E-state index in [4.69, 9.17) is 16.1 Å². The molecular weight excluding hydrogens is 264 g/mol. The molecule has 4 nitrogen and oxygen atoms in total. The molecule has 0 bridgehead atoms. The molecule has 1 saturated carbocycles. The van der Waals surface area contributed by atoms with E-state index in [-0.39, 0.29) is 11.7 Å². The standard InChI is InChI=1S/C14H13ClN2O2/c15-10-7-5-9(6-8-10)13-16-14(19-17-13)11-3-1-2-4-12(11)18/h5-8,11H,1-4H2. The highest BCUT2D eigenvalue weighted by atomic mass is 35.5. The number of carbonyl (C=O) groups excluding carboxylic acids is 1. The Kier molecular flexibility index (Phi) is 3.34. The number of benzene rings is 1. The van der Waals surface area contributed by atoms with Gasteiger partial charge in [-0.3, -0.25) is 4.79 Å². The van der Waals surface area contributed by atoms with Gasteiger partial charge < -0.3 is 4.52 Å². The van der Waals surface area contributed by atoms with Crippen molar-refractivity contribution >= 4 is 17.4 Å². The zero-order valence-electron chi connectivity index (χ0n) is 10.3. The molecule has 1 unspecified atom stereocenters. The van der Waals surface area contributed by atoms with Gasteiger partial charge in [-0.05, 0) is 37.1 Å². The molecule has 98 valence electrons. The molecule has 0 spiro atoms. The molecular formula is C14H13ClN2O2. The minimum absolute atomic E-state index is 0.206. The van der Waals surface area contributed by atoms with Crippen molar-refractivity contribution in [2.75, 3.05) is 0 Å². The Labute approximate surface area is 115 Å². The lowest BCUT2D eigenvalue weighted by molar-refractivity contribution is -0.122. The highest BCUT2D eigenvalue weighted by Crippen LogP contribution is 2.30. The molecule has 2 aromatic rings. The summed E-state index contributed by atoms with van der Waals surface area (Å²) in [5.74, 6) is 0.930. The van der Waals surface area contributed by atoms with Crippen molar-refractivity contribution in [2.45, 2.75) is 31.6 Å². The molecule has 0 saturated heterocycles. The highest BCUT2D eigenvalue weighted by Gasteiger charge is 2.29. The van der Waals surface area contributed by atoms with Crippen LogP contribution >= 0.6 is 11.6 Å². The third kappa shape index (κ3) is 2.54. The molecule has 0 aliphatic heterocycles.